The number of methoxy groups -OCH3 is 2. The molecule has 0 saturated carbocycles. The summed E-state index contributed by atoms with van der Waals surface area (Å²) in [5, 5.41) is -0.348. The molecule has 0 N–H and O–H groups in total. The SMILES string of the molecule is COC(=O)c1ccc(S(=O)C(Cn2ccnc2)c2ccccc2OC)cc1. The van der Waals surface area contributed by atoms with E-state index in [0.717, 1.165) is 5.56 Å². The van der Waals surface area contributed by atoms with Crippen LogP contribution in [0.2, 0.25) is 0 Å². The highest BCUT2D eigenvalue weighted by Gasteiger charge is 2.24. The van der Waals surface area contributed by atoms with Crippen molar-refractivity contribution in [3.8, 4) is 5.75 Å². The van der Waals surface area contributed by atoms with E-state index in [-0.39, 0.29) is 5.25 Å². The molecule has 0 saturated heterocycles. The maximum Gasteiger partial charge on any atom is 0.337 e. The van der Waals surface area contributed by atoms with Gasteiger partial charge in [0.1, 0.15) is 5.75 Å². The molecule has 2 aromatic carbocycles. The average molecular weight is 384 g/mol. The predicted octanol–water partition coefficient (Wildman–Crippen LogP) is 3.23. The topological polar surface area (TPSA) is 70.4 Å². The van der Waals surface area contributed by atoms with Crippen molar-refractivity contribution in [1.82, 2.24) is 9.55 Å². The molecular weight excluding hydrogens is 364 g/mol. The Hall–Kier alpha value is -2.93. The fourth-order valence-electron chi connectivity index (χ4n) is 2.81. The molecule has 2 atom stereocenters. The lowest BCUT2D eigenvalue weighted by molar-refractivity contribution is 0.0600. The van der Waals surface area contributed by atoms with Crippen LogP contribution in [0.4, 0.5) is 0 Å². The summed E-state index contributed by atoms with van der Waals surface area (Å²) in [5.74, 6) is 0.258. The van der Waals surface area contributed by atoms with Crippen LogP contribution in [-0.4, -0.2) is 33.9 Å². The zero-order valence-corrected chi connectivity index (χ0v) is 15.9. The number of carbonyl (C=O) groups excluding carboxylic acids is 1. The second-order valence-electron chi connectivity index (χ2n) is 5.80. The number of hydrogen-bond acceptors (Lipinski definition) is 5. The zero-order chi connectivity index (χ0) is 19.2. The summed E-state index contributed by atoms with van der Waals surface area (Å²) in [5.41, 5.74) is 1.27. The minimum atomic E-state index is -1.37. The highest BCUT2D eigenvalue weighted by molar-refractivity contribution is 7.85. The highest BCUT2D eigenvalue weighted by atomic mass is 32.2. The molecule has 0 aliphatic carbocycles. The fraction of sp³-hybridized carbons (Fsp3) is 0.200. The van der Waals surface area contributed by atoms with Gasteiger partial charge in [-0.15, -0.1) is 0 Å². The molecular formula is C20H20N2O4S. The molecule has 0 radical (unpaired) electrons. The van der Waals surface area contributed by atoms with Crippen LogP contribution in [-0.2, 0) is 22.1 Å². The van der Waals surface area contributed by atoms with Crippen molar-refractivity contribution in [2.75, 3.05) is 14.2 Å². The third-order valence-corrected chi connectivity index (χ3v) is 5.84. The Bertz CT molecular complexity index is 923. The van der Waals surface area contributed by atoms with Gasteiger partial charge >= 0.3 is 5.97 Å². The van der Waals surface area contributed by atoms with Gasteiger partial charge in [0.05, 0.1) is 42.2 Å². The molecule has 1 heterocycles. The number of hydrogen-bond donors (Lipinski definition) is 0. The third kappa shape index (κ3) is 4.25. The van der Waals surface area contributed by atoms with Gasteiger partial charge in [-0.25, -0.2) is 9.78 Å². The Morgan fingerprint density at radius 1 is 1.15 bits per heavy atom. The number of nitrogens with zero attached hydrogens (tertiary/aromatic N) is 2. The number of imidazole rings is 1. The number of carbonyl (C=O) groups is 1. The molecule has 2 unspecified atom stereocenters. The molecule has 3 aromatic rings. The van der Waals surface area contributed by atoms with Crippen molar-refractivity contribution in [2.24, 2.45) is 0 Å². The Morgan fingerprint density at radius 2 is 1.89 bits per heavy atom. The molecule has 0 spiro atoms. The third-order valence-electron chi connectivity index (χ3n) is 4.19. The summed E-state index contributed by atoms with van der Waals surface area (Å²) in [6.45, 7) is 0.478. The first kappa shape index (κ1) is 18.8. The molecule has 3 rings (SSSR count). The van der Waals surface area contributed by atoms with E-state index in [0.29, 0.717) is 22.8 Å². The van der Waals surface area contributed by atoms with Crippen LogP contribution in [0, 0.1) is 0 Å². The predicted molar refractivity (Wildman–Crippen MR) is 102 cm³/mol. The van der Waals surface area contributed by atoms with E-state index in [2.05, 4.69) is 4.98 Å². The molecule has 140 valence electrons. The summed E-state index contributed by atoms with van der Waals surface area (Å²) in [7, 11) is 1.56. The quantitative estimate of drug-likeness (QED) is 0.585. The Kier molecular flexibility index (Phi) is 6.03. The summed E-state index contributed by atoms with van der Waals surface area (Å²) >= 11 is 0. The fourth-order valence-corrected chi connectivity index (χ4v) is 4.27. The van der Waals surface area contributed by atoms with Crippen LogP contribution >= 0.6 is 0 Å². The number of aromatic nitrogens is 2. The van der Waals surface area contributed by atoms with E-state index in [1.807, 2.05) is 35.0 Å². The molecule has 7 heteroatoms. The first-order valence-electron chi connectivity index (χ1n) is 8.31. The van der Waals surface area contributed by atoms with Crippen molar-refractivity contribution < 1.29 is 18.5 Å². The van der Waals surface area contributed by atoms with Gasteiger partial charge in [0, 0.05) is 29.4 Å². The van der Waals surface area contributed by atoms with Crippen molar-refractivity contribution >= 4 is 16.8 Å². The molecule has 6 nitrogen and oxygen atoms in total. The maximum absolute atomic E-state index is 13.4. The average Bonchev–Trinajstić information content (AvgIpc) is 3.24. The number of rotatable bonds is 7. The van der Waals surface area contributed by atoms with E-state index in [9.17, 15) is 9.00 Å². The minimum Gasteiger partial charge on any atom is -0.496 e. The van der Waals surface area contributed by atoms with Gasteiger partial charge in [0.2, 0.25) is 0 Å². The van der Waals surface area contributed by atoms with Crippen LogP contribution in [0.1, 0.15) is 21.2 Å². The van der Waals surface area contributed by atoms with Crippen LogP contribution in [0.15, 0.2) is 72.1 Å². The van der Waals surface area contributed by atoms with Gasteiger partial charge < -0.3 is 14.0 Å². The van der Waals surface area contributed by atoms with Gasteiger partial charge in [0.25, 0.3) is 0 Å². The summed E-state index contributed by atoms with van der Waals surface area (Å²) in [6, 6.07) is 14.2. The summed E-state index contributed by atoms with van der Waals surface area (Å²) in [4.78, 5) is 16.3. The molecule has 1 aromatic heterocycles. The second-order valence-corrected chi connectivity index (χ2v) is 7.44. The van der Waals surface area contributed by atoms with Crippen molar-refractivity contribution in [3.63, 3.8) is 0 Å². The van der Waals surface area contributed by atoms with E-state index < -0.39 is 16.8 Å². The summed E-state index contributed by atoms with van der Waals surface area (Å²) in [6.07, 6.45) is 5.22. The molecule has 0 amide bonds. The van der Waals surface area contributed by atoms with Crippen LogP contribution in [0.3, 0.4) is 0 Å². The zero-order valence-electron chi connectivity index (χ0n) is 15.1. The Balaban J connectivity index is 1.96. The monoisotopic (exact) mass is 384 g/mol. The summed E-state index contributed by atoms with van der Waals surface area (Å²) < 4.78 is 25.5. The Morgan fingerprint density at radius 3 is 2.52 bits per heavy atom. The number of ether oxygens (including phenoxy) is 2. The van der Waals surface area contributed by atoms with Gasteiger partial charge in [0.15, 0.2) is 0 Å². The first-order chi connectivity index (χ1) is 13.1. The van der Waals surface area contributed by atoms with E-state index in [1.54, 1.807) is 43.9 Å². The largest absolute Gasteiger partial charge is 0.496 e. The van der Waals surface area contributed by atoms with Gasteiger partial charge in [-0.3, -0.25) is 4.21 Å². The van der Waals surface area contributed by atoms with Gasteiger partial charge in [-0.05, 0) is 30.3 Å². The maximum atomic E-state index is 13.4. The molecule has 0 aliphatic heterocycles. The van der Waals surface area contributed by atoms with E-state index in [4.69, 9.17) is 9.47 Å². The Labute approximate surface area is 160 Å². The smallest absolute Gasteiger partial charge is 0.337 e. The molecule has 0 fully saturated rings. The van der Waals surface area contributed by atoms with Crippen molar-refractivity contribution in [2.45, 2.75) is 16.7 Å². The van der Waals surface area contributed by atoms with Gasteiger partial charge in [-0.2, -0.15) is 0 Å². The van der Waals surface area contributed by atoms with Gasteiger partial charge in [-0.1, -0.05) is 18.2 Å². The number of benzene rings is 2. The number of esters is 1. The van der Waals surface area contributed by atoms with Crippen LogP contribution in [0.25, 0.3) is 0 Å². The normalized spacial score (nSPS) is 13.0. The minimum absolute atomic E-state index is 0.348. The molecule has 27 heavy (non-hydrogen) atoms. The van der Waals surface area contributed by atoms with Crippen molar-refractivity contribution in [3.05, 3.63) is 78.4 Å². The number of para-hydroxylation sites is 1. The lowest BCUT2D eigenvalue weighted by atomic mass is 10.1. The van der Waals surface area contributed by atoms with Crippen molar-refractivity contribution in [1.29, 1.82) is 0 Å². The van der Waals surface area contributed by atoms with Crippen LogP contribution < -0.4 is 4.74 Å². The van der Waals surface area contributed by atoms with E-state index >= 15 is 0 Å². The molecule has 0 aliphatic rings. The lowest BCUT2D eigenvalue weighted by Gasteiger charge is -2.20. The van der Waals surface area contributed by atoms with E-state index in [1.165, 1.54) is 7.11 Å². The lowest BCUT2D eigenvalue weighted by Crippen LogP contribution is -2.15. The van der Waals surface area contributed by atoms with Crippen LogP contribution in [0.5, 0.6) is 5.75 Å². The molecule has 0 bridgehead atoms. The first-order valence-corrected chi connectivity index (χ1v) is 9.53. The highest BCUT2D eigenvalue weighted by Crippen LogP contribution is 2.33. The second kappa shape index (κ2) is 8.64. The standard InChI is InChI=1S/C20H20N2O4S/c1-25-18-6-4-3-5-17(18)19(13-22-12-11-21-14-22)27(24)16-9-7-15(8-10-16)20(23)26-2/h3-12,14,19H,13H2,1-2H3.